The third kappa shape index (κ3) is 10.1. The van der Waals surface area contributed by atoms with Crippen LogP contribution in [-0.2, 0) is 9.59 Å². The van der Waals surface area contributed by atoms with Gasteiger partial charge in [0.1, 0.15) is 0 Å². The Labute approximate surface area is 220 Å². The van der Waals surface area contributed by atoms with E-state index in [0.29, 0.717) is 28.6 Å². The van der Waals surface area contributed by atoms with Crippen molar-refractivity contribution in [3.63, 3.8) is 0 Å². The molecule has 1 aromatic rings. The van der Waals surface area contributed by atoms with Crippen molar-refractivity contribution in [2.45, 2.75) is 115 Å². The number of thioether (sulfide) groups is 1. The predicted molar refractivity (Wildman–Crippen MR) is 147 cm³/mol. The van der Waals surface area contributed by atoms with Crippen LogP contribution < -0.4 is 5.32 Å². The molecule has 7 heteroatoms. The summed E-state index contributed by atoms with van der Waals surface area (Å²) >= 11 is 2.92. The highest BCUT2D eigenvalue weighted by Crippen LogP contribution is 2.45. The average Bonchev–Trinajstić information content (AvgIpc) is 3.08. The van der Waals surface area contributed by atoms with Crippen LogP contribution in [0, 0.1) is 29.1 Å². The second-order valence-corrected chi connectivity index (χ2v) is 14.3. The highest BCUT2D eigenvalue weighted by molar-refractivity contribution is 8.01. The molecule has 2 aliphatic rings. The maximum Gasteiger partial charge on any atom is 0.304 e. The summed E-state index contributed by atoms with van der Waals surface area (Å²) in [5.41, 5.74) is 0.403. The van der Waals surface area contributed by atoms with Gasteiger partial charge >= 0.3 is 5.97 Å². The van der Waals surface area contributed by atoms with Gasteiger partial charge in [-0.2, -0.15) is 0 Å². The Hall–Kier alpha value is -1.08. The van der Waals surface area contributed by atoms with Gasteiger partial charge in [0, 0.05) is 12.2 Å². The van der Waals surface area contributed by atoms with Crippen molar-refractivity contribution in [1.82, 2.24) is 4.98 Å². The topological polar surface area (TPSA) is 79.3 Å². The Kier molecular flexibility index (Phi) is 11.4. The van der Waals surface area contributed by atoms with Crippen molar-refractivity contribution in [2.24, 2.45) is 29.1 Å². The summed E-state index contributed by atoms with van der Waals surface area (Å²) in [6.07, 6.45) is 18.3. The smallest absolute Gasteiger partial charge is 0.304 e. The van der Waals surface area contributed by atoms with Gasteiger partial charge in [0.2, 0.25) is 5.91 Å². The van der Waals surface area contributed by atoms with Crippen LogP contribution in [0.15, 0.2) is 10.4 Å². The molecule has 3 rings (SSSR count). The number of hydrogen-bond acceptors (Lipinski definition) is 5. The van der Waals surface area contributed by atoms with Crippen LogP contribution in [-0.4, -0.2) is 27.7 Å². The number of carboxylic acid groups (broad SMARTS) is 1. The Balaban J connectivity index is 1.52. The molecule has 0 aromatic carbocycles. The summed E-state index contributed by atoms with van der Waals surface area (Å²) in [5.74, 6) is 2.88. The zero-order valence-corrected chi connectivity index (χ0v) is 23.7. The van der Waals surface area contributed by atoms with E-state index in [0.717, 1.165) is 28.4 Å². The molecule has 35 heavy (non-hydrogen) atoms. The Morgan fingerprint density at radius 2 is 1.77 bits per heavy atom. The van der Waals surface area contributed by atoms with E-state index in [-0.39, 0.29) is 12.3 Å². The van der Waals surface area contributed by atoms with Gasteiger partial charge in [0.15, 0.2) is 5.13 Å². The molecule has 2 fully saturated rings. The molecule has 2 saturated carbocycles. The molecule has 0 radical (unpaired) electrons. The molecular formula is C28H46N2O3S2. The molecule has 1 heterocycles. The minimum Gasteiger partial charge on any atom is -0.481 e. The van der Waals surface area contributed by atoms with E-state index < -0.39 is 5.97 Å². The third-order valence-corrected chi connectivity index (χ3v) is 10.4. The standard InChI is InChI=1S/C28H46N2O3S2/c1-28(2,3)23-13-10-21(11-14-23)22(18-20-8-6-4-5-7-9-20)12-15-24(31)30-27-29-19-26(35-27)34-17-16-25(32)33/h19-23H,4-18H2,1-3H3,(H,32,33)(H,29,30,31). The first-order valence-corrected chi connectivity index (χ1v) is 15.6. The summed E-state index contributed by atoms with van der Waals surface area (Å²) in [4.78, 5) is 27.8. The molecule has 198 valence electrons. The number of aliphatic carboxylic acids is 1. The fraction of sp³-hybridized carbons (Fsp3) is 0.821. The summed E-state index contributed by atoms with van der Waals surface area (Å²) < 4.78 is 0.948. The number of rotatable bonds is 11. The molecule has 1 amide bonds. The first kappa shape index (κ1) is 28.5. The molecule has 1 unspecified atom stereocenters. The van der Waals surface area contributed by atoms with E-state index in [9.17, 15) is 9.59 Å². The van der Waals surface area contributed by atoms with Gasteiger partial charge in [-0.05, 0) is 67.6 Å². The molecule has 0 aliphatic heterocycles. The molecule has 5 nitrogen and oxygen atoms in total. The fourth-order valence-corrected chi connectivity index (χ4v) is 8.05. The number of nitrogens with one attached hydrogen (secondary N) is 1. The van der Waals surface area contributed by atoms with Crippen molar-refractivity contribution in [1.29, 1.82) is 0 Å². The van der Waals surface area contributed by atoms with E-state index in [4.69, 9.17) is 5.11 Å². The number of hydrogen-bond donors (Lipinski definition) is 2. The second kappa shape index (κ2) is 14.0. The molecule has 2 aliphatic carbocycles. The first-order valence-electron chi connectivity index (χ1n) is 13.8. The number of thiazole rings is 1. The highest BCUT2D eigenvalue weighted by atomic mass is 32.2. The number of carbonyl (C=O) groups excluding carboxylic acids is 1. The Morgan fingerprint density at radius 3 is 2.40 bits per heavy atom. The lowest BCUT2D eigenvalue weighted by atomic mass is 9.65. The molecule has 1 aromatic heterocycles. The van der Waals surface area contributed by atoms with E-state index in [1.54, 1.807) is 6.20 Å². The number of anilines is 1. The van der Waals surface area contributed by atoms with Crippen LogP contribution in [0.5, 0.6) is 0 Å². The van der Waals surface area contributed by atoms with Crippen molar-refractivity contribution in [3.05, 3.63) is 6.20 Å². The molecule has 0 bridgehead atoms. The number of carbonyl (C=O) groups is 2. The number of nitrogens with zero attached hydrogens (tertiary/aromatic N) is 1. The van der Waals surface area contributed by atoms with Crippen molar-refractivity contribution < 1.29 is 14.7 Å². The van der Waals surface area contributed by atoms with Gasteiger partial charge in [-0.25, -0.2) is 4.98 Å². The van der Waals surface area contributed by atoms with Gasteiger partial charge in [0.05, 0.1) is 16.8 Å². The molecular weight excluding hydrogens is 476 g/mol. The quantitative estimate of drug-likeness (QED) is 0.226. The lowest BCUT2D eigenvalue weighted by Crippen LogP contribution is -2.30. The van der Waals surface area contributed by atoms with Crippen LogP contribution in [0.25, 0.3) is 0 Å². The number of amides is 1. The van der Waals surface area contributed by atoms with Gasteiger partial charge in [-0.15, -0.1) is 11.8 Å². The lowest BCUT2D eigenvalue weighted by molar-refractivity contribution is -0.136. The monoisotopic (exact) mass is 522 g/mol. The van der Waals surface area contributed by atoms with Gasteiger partial charge < -0.3 is 10.4 Å². The van der Waals surface area contributed by atoms with E-state index >= 15 is 0 Å². The van der Waals surface area contributed by atoms with E-state index in [1.165, 1.54) is 93.7 Å². The summed E-state index contributed by atoms with van der Waals surface area (Å²) in [6.45, 7) is 7.17. The zero-order valence-electron chi connectivity index (χ0n) is 22.0. The van der Waals surface area contributed by atoms with E-state index in [2.05, 4.69) is 31.1 Å². The SMILES string of the molecule is CC(C)(C)C1CCC(C(CCC(=O)Nc2ncc(SCCC(=O)O)s2)CC2CCCCCC2)CC1. The van der Waals surface area contributed by atoms with Crippen molar-refractivity contribution in [2.75, 3.05) is 11.1 Å². The molecule has 2 N–H and O–H groups in total. The van der Waals surface area contributed by atoms with Crippen LogP contribution in [0.2, 0.25) is 0 Å². The predicted octanol–water partition coefficient (Wildman–Crippen LogP) is 8.26. The third-order valence-electron chi connectivity index (χ3n) is 8.31. The van der Waals surface area contributed by atoms with Crippen LogP contribution >= 0.6 is 23.1 Å². The number of aromatic nitrogens is 1. The largest absolute Gasteiger partial charge is 0.481 e. The van der Waals surface area contributed by atoms with E-state index in [1.807, 2.05) is 0 Å². The first-order chi connectivity index (χ1) is 16.7. The molecule has 0 spiro atoms. The zero-order chi connectivity index (χ0) is 25.3. The van der Waals surface area contributed by atoms with Crippen LogP contribution in [0.3, 0.4) is 0 Å². The maximum atomic E-state index is 12.8. The summed E-state index contributed by atoms with van der Waals surface area (Å²) in [5, 5.41) is 12.4. The van der Waals surface area contributed by atoms with Crippen LogP contribution in [0.1, 0.15) is 111 Å². The Morgan fingerprint density at radius 1 is 1.09 bits per heavy atom. The maximum absolute atomic E-state index is 12.8. The van der Waals surface area contributed by atoms with Gasteiger partial charge in [-0.3, -0.25) is 9.59 Å². The second-order valence-electron chi connectivity index (χ2n) is 11.9. The van der Waals surface area contributed by atoms with Gasteiger partial charge in [0.25, 0.3) is 0 Å². The molecule has 0 saturated heterocycles. The minimum absolute atomic E-state index is 0.0654. The normalized spacial score (nSPS) is 22.9. The van der Waals surface area contributed by atoms with Gasteiger partial charge in [-0.1, -0.05) is 70.6 Å². The summed E-state index contributed by atoms with van der Waals surface area (Å²) in [7, 11) is 0. The Bertz CT molecular complexity index is 788. The lowest BCUT2D eigenvalue weighted by Gasteiger charge is -2.40. The highest BCUT2D eigenvalue weighted by Gasteiger charge is 2.34. The van der Waals surface area contributed by atoms with Crippen molar-refractivity contribution in [3.8, 4) is 0 Å². The van der Waals surface area contributed by atoms with Crippen molar-refractivity contribution >= 4 is 40.1 Å². The summed E-state index contributed by atoms with van der Waals surface area (Å²) in [6, 6.07) is 0. The molecule has 1 atom stereocenters. The minimum atomic E-state index is -0.791. The average molecular weight is 523 g/mol. The fourth-order valence-electron chi connectivity index (χ4n) is 6.15. The van der Waals surface area contributed by atoms with Crippen LogP contribution in [0.4, 0.5) is 5.13 Å². The number of carboxylic acids is 1.